The second-order valence-corrected chi connectivity index (χ2v) is 9.65. The zero-order chi connectivity index (χ0) is 21.0. The summed E-state index contributed by atoms with van der Waals surface area (Å²) in [7, 11) is 0. The summed E-state index contributed by atoms with van der Waals surface area (Å²) < 4.78 is 23.5. The van der Waals surface area contributed by atoms with Crippen molar-refractivity contribution in [2.45, 2.75) is 43.6 Å². The molecule has 29 heavy (non-hydrogen) atoms. The van der Waals surface area contributed by atoms with Crippen molar-refractivity contribution >= 4 is 46.2 Å². The zero-order valence-corrected chi connectivity index (χ0v) is 18.6. The van der Waals surface area contributed by atoms with Crippen LogP contribution in [0.15, 0.2) is 41.3 Å². The summed E-state index contributed by atoms with van der Waals surface area (Å²) in [5.74, 6) is 1.30. The molecule has 0 radical (unpaired) electrons. The van der Waals surface area contributed by atoms with Crippen LogP contribution < -0.4 is 10.1 Å². The summed E-state index contributed by atoms with van der Waals surface area (Å²) in [5.41, 5.74) is 0.918. The van der Waals surface area contributed by atoms with Gasteiger partial charge in [0, 0.05) is 11.6 Å². The lowest BCUT2D eigenvalue weighted by Crippen LogP contribution is -2.34. The van der Waals surface area contributed by atoms with E-state index in [-0.39, 0.29) is 0 Å². The van der Waals surface area contributed by atoms with Gasteiger partial charge >= 0.3 is 6.09 Å². The Bertz CT molecular complexity index is 891. The molecule has 5 nitrogen and oxygen atoms in total. The number of benzene rings is 2. The van der Waals surface area contributed by atoms with E-state index in [0.717, 1.165) is 36.3 Å². The predicted octanol–water partition coefficient (Wildman–Crippen LogP) is 6.15. The number of anilines is 1. The van der Waals surface area contributed by atoms with Gasteiger partial charge in [-0.3, -0.25) is 5.32 Å². The topological polar surface area (TPSA) is 70.6 Å². The van der Waals surface area contributed by atoms with E-state index < -0.39 is 22.9 Å². The molecule has 1 heterocycles. The van der Waals surface area contributed by atoms with E-state index in [2.05, 4.69) is 5.32 Å². The van der Waals surface area contributed by atoms with Crippen LogP contribution in [0.1, 0.15) is 38.7 Å². The summed E-state index contributed by atoms with van der Waals surface area (Å²) in [5, 5.41) is 3.58. The lowest BCUT2D eigenvalue weighted by Gasteiger charge is -2.32. The minimum atomic E-state index is -1.09. The highest BCUT2D eigenvalue weighted by molar-refractivity contribution is 7.91. The van der Waals surface area contributed by atoms with Gasteiger partial charge in [0.2, 0.25) is 0 Å². The molecule has 0 saturated carbocycles. The van der Waals surface area contributed by atoms with Gasteiger partial charge in [-0.05, 0) is 74.6 Å². The van der Waals surface area contributed by atoms with Crippen LogP contribution >= 0.6 is 23.2 Å². The quantitative estimate of drug-likeness (QED) is 0.382. The molecule has 0 saturated heterocycles. The van der Waals surface area contributed by atoms with Crippen molar-refractivity contribution in [3.8, 4) is 5.75 Å². The van der Waals surface area contributed by atoms with Crippen molar-refractivity contribution in [1.29, 1.82) is 0 Å². The van der Waals surface area contributed by atoms with Gasteiger partial charge in [-0.25, -0.2) is 4.79 Å². The van der Waals surface area contributed by atoms with Crippen LogP contribution in [0.4, 0.5) is 10.5 Å². The molecule has 0 aliphatic carbocycles. The second kappa shape index (κ2) is 9.47. The van der Waals surface area contributed by atoms with Gasteiger partial charge in [0.05, 0.1) is 22.3 Å². The molecule has 1 amide bonds. The largest absolute Gasteiger partial charge is 0.611 e. The Hall–Kier alpha value is -1.60. The Kier molecular flexibility index (Phi) is 7.22. The zero-order valence-electron chi connectivity index (χ0n) is 16.3. The molecule has 0 spiro atoms. The van der Waals surface area contributed by atoms with Crippen molar-refractivity contribution in [2.24, 2.45) is 0 Å². The number of unbranched alkanes of at least 4 members (excludes halogenated alkanes) is 2. The smallest absolute Gasteiger partial charge is 0.412 e. The number of hydrogen-bond acceptors (Lipinski definition) is 4. The first kappa shape index (κ1) is 22.1. The molecule has 3 rings (SSSR count). The number of halogens is 2. The maximum absolute atomic E-state index is 12.3. The fourth-order valence-corrected chi connectivity index (χ4v) is 4.61. The number of hydrogen-bond donors (Lipinski definition) is 1. The minimum absolute atomic E-state index is 0.420. The Morgan fingerprint density at radius 2 is 1.90 bits per heavy atom. The third-order valence-electron chi connectivity index (χ3n) is 4.62. The summed E-state index contributed by atoms with van der Waals surface area (Å²) in [6.07, 6.45) is 2.14. The summed E-state index contributed by atoms with van der Waals surface area (Å²) in [4.78, 5) is 12.3. The van der Waals surface area contributed by atoms with Crippen molar-refractivity contribution in [2.75, 3.05) is 17.7 Å². The standard InChI is InChI=1S/C21H23Cl2NO4S/c1-21(2)16-12-14(6-9-19(16)24-20(25)28-21)27-10-4-3-5-11-29(26)15-7-8-17(22)18(23)13-15/h6-9,12-13H,3-5,10-11H2,1-2H3,(H,24,25). The second-order valence-electron chi connectivity index (χ2n) is 7.27. The molecule has 1 atom stereocenters. The van der Waals surface area contributed by atoms with Gasteiger partial charge in [-0.2, -0.15) is 0 Å². The molecule has 1 unspecified atom stereocenters. The molecular weight excluding hydrogens is 433 g/mol. The first-order valence-corrected chi connectivity index (χ1v) is 11.4. The molecule has 0 bridgehead atoms. The first-order valence-electron chi connectivity index (χ1n) is 9.37. The van der Waals surface area contributed by atoms with E-state index in [0.29, 0.717) is 27.3 Å². The van der Waals surface area contributed by atoms with Crippen LogP contribution in [0.2, 0.25) is 10.0 Å². The van der Waals surface area contributed by atoms with Crippen molar-refractivity contribution in [3.63, 3.8) is 0 Å². The maximum Gasteiger partial charge on any atom is 0.412 e. The van der Waals surface area contributed by atoms with Crippen LogP contribution in [0, 0.1) is 0 Å². The number of cyclic esters (lactones) is 1. The van der Waals surface area contributed by atoms with Crippen LogP contribution in [0.5, 0.6) is 5.75 Å². The molecule has 156 valence electrons. The van der Waals surface area contributed by atoms with E-state index in [4.69, 9.17) is 32.7 Å². The normalized spacial score (nSPS) is 15.8. The number of nitrogens with one attached hydrogen (secondary N) is 1. The molecular formula is C21H23Cl2NO4S. The number of ether oxygens (including phenoxy) is 2. The highest BCUT2D eigenvalue weighted by Crippen LogP contribution is 2.37. The number of fused-ring (bicyclic) bond motifs is 1. The number of amides is 1. The van der Waals surface area contributed by atoms with Crippen LogP contribution in [0.3, 0.4) is 0 Å². The van der Waals surface area contributed by atoms with Gasteiger partial charge in [-0.1, -0.05) is 23.2 Å². The monoisotopic (exact) mass is 455 g/mol. The maximum atomic E-state index is 12.3. The molecule has 1 aliphatic heterocycles. The van der Waals surface area contributed by atoms with Gasteiger partial charge in [0.1, 0.15) is 17.1 Å². The lowest BCUT2D eigenvalue weighted by atomic mass is 9.94. The van der Waals surface area contributed by atoms with Crippen molar-refractivity contribution in [3.05, 3.63) is 52.0 Å². The molecule has 0 aromatic heterocycles. The lowest BCUT2D eigenvalue weighted by molar-refractivity contribution is 0.0418. The first-order chi connectivity index (χ1) is 13.8. The van der Waals surface area contributed by atoms with Crippen molar-refractivity contribution in [1.82, 2.24) is 0 Å². The van der Waals surface area contributed by atoms with E-state index in [1.807, 2.05) is 32.0 Å². The van der Waals surface area contributed by atoms with E-state index >= 15 is 0 Å². The van der Waals surface area contributed by atoms with E-state index in [1.165, 1.54) is 0 Å². The van der Waals surface area contributed by atoms with E-state index in [9.17, 15) is 9.35 Å². The van der Waals surface area contributed by atoms with Gasteiger partial charge in [0.15, 0.2) is 4.90 Å². The Morgan fingerprint density at radius 3 is 2.66 bits per heavy atom. The van der Waals surface area contributed by atoms with Gasteiger partial charge < -0.3 is 14.0 Å². The summed E-state index contributed by atoms with van der Waals surface area (Å²) in [6, 6.07) is 10.6. The van der Waals surface area contributed by atoms with Crippen molar-refractivity contribution < 1.29 is 18.8 Å². The molecule has 1 aliphatic rings. The summed E-state index contributed by atoms with van der Waals surface area (Å²) >= 11 is 10.8. The average Bonchev–Trinajstić information content (AvgIpc) is 2.66. The SMILES string of the molecule is CC1(C)OC(=O)Nc2ccc(OCCCCC[S+]([O-])c3ccc(Cl)c(Cl)c3)cc21. The minimum Gasteiger partial charge on any atom is -0.611 e. The Balaban J connectivity index is 1.42. The fourth-order valence-electron chi connectivity index (χ4n) is 3.08. The number of carbonyl (C=O) groups is 1. The van der Waals surface area contributed by atoms with Gasteiger partial charge in [-0.15, -0.1) is 0 Å². The molecule has 2 aromatic rings. The van der Waals surface area contributed by atoms with Crippen LogP contribution in [0.25, 0.3) is 0 Å². The predicted molar refractivity (Wildman–Crippen MR) is 117 cm³/mol. The number of rotatable bonds is 8. The van der Waals surface area contributed by atoms with Crippen LogP contribution in [-0.2, 0) is 21.5 Å². The van der Waals surface area contributed by atoms with Gasteiger partial charge in [0.25, 0.3) is 0 Å². The molecule has 0 fully saturated rings. The highest BCUT2D eigenvalue weighted by Gasteiger charge is 2.33. The summed E-state index contributed by atoms with van der Waals surface area (Å²) in [6.45, 7) is 4.26. The third-order valence-corrected chi connectivity index (χ3v) is 6.80. The third kappa shape index (κ3) is 5.72. The Morgan fingerprint density at radius 1 is 1.10 bits per heavy atom. The number of carbonyl (C=O) groups excluding carboxylic acids is 1. The average molecular weight is 456 g/mol. The molecule has 1 N–H and O–H groups in total. The Labute approximate surface area is 183 Å². The van der Waals surface area contributed by atoms with E-state index in [1.54, 1.807) is 18.2 Å². The van der Waals surface area contributed by atoms with Crippen LogP contribution in [-0.4, -0.2) is 23.0 Å². The fraction of sp³-hybridized carbons (Fsp3) is 0.381. The molecule has 8 heteroatoms. The molecule has 2 aromatic carbocycles. The highest BCUT2D eigenvalue weighted by atomic mass is 35.5.